The Kier molecular flexibility index (Phi) is 6.45. The van der Waals surface area contributed by atoms with Crippen molar-refractivity contribution in [1.29, 1.82) is 0 Å². The van der Waals surface area contributed by atoms with Gasteiger partial charge in [0.1, 0.15) is 0 Å². The summed E-state index contributed by atoms with van der Waals surface area (Å²) in [5.74, 6) is 1.03. The molecule has 0 bridgehead atoms. The van der Waals surface area contributed by atoms with Gasteiger partial charge in [0.05, 0.1) is 19.9 Å². The van der Waals surface area contributed by atoms with Crippen molar-refractivity contribution in [1.82, 2.24) is 4.98 Å². The van der Waals surface area contributed by atoms with Crippen LogP contribution < -0.4 is 14.8 Å². The molecular formula is C22H22N2O3S. The number of benzene rings is 2. The van der Waals surface area contributed by atoms with Crippen LogP contribution in [0.25, 0.3) is 17.3 Å². The van der Waals surface area contributed by atoms with Crippen LogP contribution in [0.2, 0.25) is 0 Å². The molecule has 0 aliphatic rings. The van der Waals surface area contributed by atoms with Crippen LogP contribution >= 0.6 is 11.3 Å². The minimum absolute atomic E-state index is 0.231. The molecule has 5 nitrogen and oxygen atoms in total. The van der Waals surface area contributed by atoms with E-state index in [4.69, 9.17) is 9.47 Å². The number of aromatic nitrogens is 1. The number of nitrogens with zero attached hydrogens (tertiary/aromatic N) is 1. The quantitative estimate of drug-likeness (QED) is 0.570. The van der Waals surface area contributed by atoms with Gasteiger partial charge in [0.15, 0.2) is 16.6 Å². The third kappa shape index (κ3) is 4.58. The van der Waals surface area contributed by atoms with Crippen LogP contribution in [0.3, 0.4) is 0 Å². The molecule has 0 saturated heterocycles. The van der Waals surface area contributed by atoms with Gasteiger partial charge in [0, 0.05) is 16.5 Å². The second kappa shape index (κ2) is 9.19. The molecule has 0 saturated carbocycles. The number of amides is 1. The Morgan fingerprint density at radius 2 is 1.86 bits per heavy atom. The Morgan fingerprint density at radius 3 is 2.54 bits per heavy atom. The summed E-state index contributed by atoms with van der Waals surface area (Å²) in [6.45, 7) is 2.09. The zero-order valence-corrected chi connectivity index (χ0v) is 16.9. The molecule has 0 radical (unpaired) electrons. The SMILES string of the molecule is CCc1sc(NC(=O)/C=C/c2ccc(OC)c(OC)c2)nc1-c1ccccc1. The Labute approximate surface area is 168 Å². The van der Waals surface area contributed by atoms with Crippen molar-refractivity contribution in [3.05, 3.63) is 65.0 Å². The van der Waals surface area contributed by atoms with E-state index >= 15 is 0 Å². The summed E-state index contributed by atoms with van der Waals surface area (Å²) in [6, 6.07) is 15.5. The van der Waals surface area contributed by atoms with Crippen molar-refractivity contribution in [2.45, 2.75) is 13.3 Å². The highest BCUT2D eigenvalue weighted by molar-refractivity contribution is 7.16. The molecular weight excluding hydrogens is 372 g/mol. The molecule has 1 N–H and O–H groups in total. The molecule has 3 aromatic rings. The van der Waals surface area contributed by atoms with Crippen molar-refractivity contribution in [3.8, 4) is 22.8 Å². The molecule has 2 aromatic carbocycles. The number of thiazole rings is 1. The third-order valence-corrected chi connectivity index (χ3v) is 5.25. The standard InChI is InChI=1S/C22H22N2O3S/c1-4-19-21(16-8-6-5-7-9-16)24-22(28-19)23-20(25)13-11-15-10-12-17(26-2)18(14-15)27-3/h5-14H,4H2,1-3H3,(H,23,24,25)/b13-11+. The maximum absolute atomic E-state index is 12.3. The average Bonchev–Trinajstić information content (AvgIpc) is 3.15. The zero-order chi connectivity index (χ0) is 19.9. The van der Waals surface area contributed by atoms with E-state index in [-0.39, 0.29) is 5.91 Å². The number of aryl methyl sites for hydroxylation is 1. The topological polar surface area (TPSA) is 60.5 Å². The predicted octanol–water partition coefficient (Wildman–Crippen LogP) is 5.04. The number of anilines is 1. The summed E-state index contributed by atoms with van der Waals surface area (Å²) >= 11 is 1.50. The molecule has 0 aliphatic heterocycles. The van der Waals surface area contributed by atoms with Gasteiger partial charge in [0.25, 0.3) is 0 Å². The number of hydrogen-bond donors (Lipinski definition) is 1. The number of methoxy groups -OCH3 is 2. The molecule has 1 amide bonds. The highest BCUT2D eigenvalue weighted by Crippen LogP contribution is 2.31. The maximum atomic E-state index is 12.3. The van der Waals surface area contributed by atoms with Crippen molar-refractivity contribution in [2.24, 2.45) is 0 Å². The summed E-state index contributed by atoms with van der Waals surface area (Å²) in [5, 5.41) is 3.45. The zero-order valence-electron chi connectivity index (χ0n) is 16.1. The van der Waals surface area contributed by atoms with Crippen molar-refractivity contribution in [2.75, 3.05) is 19.5 Å². The van der Waals surface area contributed by atoms with E-state index in [1.807, 2.05) is 42.5 Å². The molecule has 144 valence electrons. The van der Waals surface area contributed by atoms with Crippen LogP contribution in [0.4, 0.5) is 5.13 Å². The van der Waals surface area contributed by atoms with Gasteiger partial charge < -0.3 is 9.47 Å². The first-order valence-electron chi connectivity index (χ1n) is 8.90. The highest BCUT2D eigenvalue weighted by Gasteiger charge is 2.12. The molecule has 1 heterocycles. The molecule has 28 heavy (non-hydrogen) atoms. The van der Waals surface area contributed by atoms with Crippen molar-refractivity contribution >= 4 is 28.5 Å². The van der Waals surface area contributed by atoms with E-state index in [9.17, 15) is 4.79 Å². The molecule has 0 atom stereocenters. The Balaban J connectivity index is 1.73. The lowest BCUT2D eigenvalue weighted by molar-refractivity contribution is -0.111. The van der Waals surface area contributed by atoms with Crippen LogP contribution in [0.1, 0.15) is 17.4 Å². The Hall–Kier alpha value is -3.12. The fraction of sp³-hybridized carbons (Fsp3) is 0.182. The summed E-state index contributed by atoms with van der Waals surface area (Å²) in [6.07, 6.45) is 4.07. The average molecular weight is 394 g/mol. The van der Waals surface area contributed by atoms with E-state index in [0.29, 0.717) is 16.6 Å². The molecule has 3 rings (SSSR count). The molecule has 6 heteroatoms. The maximum Gasteiger partial charge on any atom is 0.250 e. The van der Waals surface area contributed by atoms with E-state index in [0.717, 1.165) is 28.1 Å². The van der Waals surface area contributed by atoms with Gasteiger partial charge in [-0.15, -0.1) is 11.3 Å². The summed E-state index contributed by atoms with van der Waals surface area (Å²) in [7, 11) is 3.17. The van der Waals surface area contributed by atoms with E-state index in [1.165, 1.54) is 17.4 Å². The number of ether oxygens (including phenoxy) is 2. The number of carbonyl (C=O) groups is 1. The first-order valence-corrected chi connectivity index (χ1v) is 9.72. The fourth-order valence-electron chi connectivity index (χ4n) is 2.74. The predicted molar refractivity (Wildman–Crippen MR) is 114 cm³/mol. The van der Waals surface area contributed by atoms with Gasteiger partial charge in [-0.1, -0.05) is 43.3 Å². The van der Waals surface area contributed by atoms with Crippen LogP contribution in [0.5, 0.6) is 11.5 Å². The number of rotatable bonds is 7. The van der Waals surface area contributed by atoms with E-state index in [2.05, 4.69) is 17.2 Å². The van der Waals surface area contributed by atoms with Gasteiger partial charge in [0.2, 0.25) is 5.91 Å². The summed E-state index contributed by atoms with van der Waals surface area (Å²) in [4.78, 5) is 18.1. The Bertz CT molecular complexity index is 981. The second-order valence-corrected chi connectivity index (χ2v) is 7.03. The summed E-state index contributed by atoms with van der Waals surface area (Å²) < 4.78 is 10.5. The second-order valence-electron chi connectivity index (χ2n) is 5.95. The minimum atomic E-state index is -0.231. The van der Waals surface area contributed by atoms with Gasteiger partial charge in [-0.25, -0.2) is 4.98 Å². The van der Waals surface area contributed by atoms with Crippen LogP contribution in [-0.4, -0.2) is 25.1 Å². The van der Waals surface area contributed by atoms with Gasteiger partial charge in [-0.2, -0.15) is 0 Å². The molecule has 0 fully saturated rings. The number of carbonyl (C=O) groups excluding carboxylic acids is 1. The minimum Gasteiger partial charge on any atom is -0.493 e. The normalized spacial score (nSPS) is 10.8. The van der Waals surface area contributed by atoms with Crippen molar-refractivity contribution in [3.63, 3.8) is 0 Å². The first-order chi connectivity index (χ1) is 13.6. The van der Waals surface area contributed by atoms with E-state index in [1.54, 1.807) is 26.4 Å². The third-order valence-electron chi connectivity index (χ3n) is 4.13. The van der Waals surface area contributed by atoms with Crippen LogP contribution in [0.15, 0.2) is 54.6 Å². The lowest BCUT2D eigenvalue weighted by Gasteiger charge is -2.07. The first kappa shape index (κ1) is 19.6. The van der Waals surface area contributed by atoms with Gasteiger partial charge in [-0.3, -0.25) is 10.1 Å². The molecule has 1 aromatic heterocycles. The lowest BCUT2D eigenvalue weighted by atomic mass is 10.1. The largest absolute Gasteiger partial charge is 0.493 e. The van der Waals surface area contributed by atoms with Gasteiger partial charge in [-0.05, 0) is 30.2 Å². The van der Waals surface area contributed by atoms with E-state index < -0.39 is 0 Å². The number of nitrogens with one attached hydrogen (secondary N) is 1. The van der Waals surface area contributed by atoms with Crippen molar-refractivity contribution < 1.29 is 14.3 Å². The Morgan fingerprint density at radius 1 is 1.11 bits per heavy atom. The van der Waals surface area contributed by atoms with Crippen LogP contribution in [-0.2, 0) is 11.2 Å². The summed E-state index contributed by atoms with van der Waals surface area (Å²) in [5.41, 5.74) is 2.82. The monoisotopic (exact) mass is 394 g/mol. The number of hydrogen-bond acceptors (Lipinski definition) is 5. The fourth-order valence-corrected chi connectivity index (χ4v) is 3.67. The molecule has 0 aliphatic carbocycles. The lowest BCUT2D eigenvalue weighted by Crippen LogP contribution is -2.07. The molecule has 0 spiro atoms. The smallest absolute Gasteiger partial charge is 0.250 e. The van der Waals surface area contributed by atoms with Gasteiger partial charge >= 0.3 is 0 Å². The molecule has 0 unspecified atom stereocenters. The van der Waals surface area contributed by atoms with Crippen LogP contribution in [0, 0.1) is 0 Å². The highest BCUT2D eigenvalue weighted by atomic mass is 32.1.